The van der Waals surface area contributed by atoms with Gasteiger partial charge in [0.15, 0.2) is 0 Å². The molecule has 5 nitrogen and oxygen atoms in total. The van der Waals surface area contributed by atoms with E-state index in [1.807, 2.05) is 60.7 Å². The highest BCUT2D eigenvalue weighted by atomic mass is 19.4. The third kappa shape index (κ3) is 6.27. The van der Waals surface area contributed by atoms with E-state index in [2.05, 4.69) is 21.0 Å². The van der Waals surface area contributed by atoms with Crippen molar-refractivity contribution in [1.82, 2.24) is 15.2 Å². The Labute approximate surface area is 212 Å². The van der Waals surface area contributed by atoms with E-state index in [0.29, 0.717) is 5.56 Å². The van der Waals surface area contributed by atoms with Gasteiger partial charge in [-0.05, 0) is 54.3 Å². The number of carbonyl (C=O) groups excluding carboxylic acids is 1. The zero-order valence-electron chi connectivity index (χ0n) is 20.0. The quantitative estimate of drug-likeness (QED) is 0.339. The Balaban J connectivity index is 1.25. The lowest BCUT2D eigenvalue weighted by molar-refractivity contribution is -0.274. The first-order chi connectivity index (χ1) is 17.8. The van der Waals surface area contributed by atoms with Crippen LogP contribution in [0.2, 0.25) is 0 Å². The van der Waals surface area contributed by atoms with Crippen molar-refractivity contribution in [2.45, 2.75) is 31.8 Å². The SMILES string of the molecule is O=C(NC1CCN(Cc2ccc3ccccc3n2)CC1)c1cc(OC(F)(F)F)ccc1-c1ccccc1. The van der Waals surface area contributed by atoms with Gasteiger partial charge >= 0.3 is 6.36 Å². The van der Waals surface area contributed by atoms with Gasteiger partial charge in [-0.2, -0.15) is 0 Å². The van der Waals surface area contributed by atoms with E-state index in [1.54, 1.807) is 0 Å². The molecule has 0 unspecified atom stereocenters. The van der Waals surface area contributed by atoms with Crippen LogP contribution >= 0.6 is 0 Å². The fraction of sp³-hybridized carbons (Fsp3) is 0.241. The van der Waals surface area contributed by atoms with E-state index in [1.165, 1.54) is 12.1 Å². The van der Waals surface area contributed by atoms with Crippen LogP contribution in [-0.2, 0) is 6.54 Å². The van der Waals surface area contributed by atoms with Crippen molar-refractivity contribution >= 4 is 16.8 Å². The number of hydrogen-bond donors (Lipinski definition) is 1. The summed E-state index contributed by atoms with van der Waals surface area (Å²) >= 11 is 0. The van der Waals surface area contributed by atoms with Gasteiger partial charge in [-0.15, -0.1) is 13.2 Å². The lowest BCUT2D eigenvalue weighted by Crippen LogP contribution is -2.44. The molecular formula is C29H26F3N3O2. The summed E-state index contributed by atoms with van der Waals surface area (Å²) in [6.45, 7) is 2.28. The number of nitrogens with one attached hydrogen (secondary N) is 1. The molecule has 37 heavy (non-hydrogen) atoms. The standard InChI is InChI=1S/C29H26F3N3O2/c30-29(31,32)37-24-12-13-25(20-6-2-1-3-7-20)26(18-24)28(36)34-22-14-16-35(17-15-22)19-23-11-10-21-8-4-5-9-27(21)33-23/h1-13,18,22H,14-17,19H2,(H,34,36). The van der Waals surface area contributed by atoms with Crippen LogP contribution in [0.25, 0.3) is 22.0 Å². The number of aromatic nitrogens is 1. The lowest BCUT2D eigenvalue weighted by Gasteiger charge is -2.32. The number of rotatable bonds is 6. The van der Waals surface area contributed by atoms with E-state index >= 15 is 0 Å². The number of hydrogen-bond acceptors (Lipinski definition) is 4. The molecule has 1 N–H and O–H groups in total. The van der Waals surface area contributed by atoms with Gasteiger partial charge < -0.3 is 10.1 Å². The molecule has 190 valence electrons. The number of benzene rings is 3. The van der Waals surface area contributed by atoms with Crippen molar-refractivity contribution in [3.8, 4) is 16.9 Å². The molecule has 0 radical (unpaired) electrons. The maximum absolute atomic E-state index is 13.3. The number of likely N-dealkylation sites (tertiary alicyclic amines) is 1. The second-order valence-corrected chi connectivity index (χ2v) is 9.14. The van der Waals surface area contributed by atoms with Crippen LogP contribution in [0, 0.1) is 0 Å². The Kier molecular flexibility index (Phi) is 7.10. The third-order valence-corrected chi connectivity index (χ3v) is 6.52. The Morgan fingerprint density at radius 2 is 1.68 bits per heavy atom. The molecule has 0 atom stereocenters. The van der Waals surface area contributed by atoms with Gasteiger partial charge in [0.25, 0.3) is 5.91 Å². The van der Waals surface area contributed by atoms with E-state index < -0.39 is 18.0 Å². The molecule has 0 aliphatic carbocycles. The number of carbonyl (C=O) groups is 1. The number of amides is 1. The van der Waals surface area contributed by atoms with Crippen molar-refractivity contribution in [3.63, 3.8) is 0 Å². The zero-order chi connectivity index (χ0) is 25.8. The van der Waals surface area contributed by atoms with Gasteiger partial charge in [-0.25, -0.2) is 0 Å². The summed E-state index contributed by atoms with van der Waals surface area (Å²) < 4.78 is 42.5. The number of ether oxygens (including phenoxy) is 1. The number of para-hydroxylation sites is 1. The van der Waals surface area contributed by atoms with Gasteiger partial charge in [-0.3, -0.25) is 14.7 Å². The van der Waals surface area contributed by atoms with Crippen LogP contribution in [0.5, 0.6) is 5.75 Å². The highest BCUT2D eigenvalue weighted by Gasteiger charge is 2.32. The van der Waals surface area contributed by atoms with Crippen LogP contribution in [0.3, 0.4) is 0 Å². The maximum atomic E-state index is 13.3. The second-order valence-electron chi connectivity index (χ2n) is 9.14. The van der Waals surface area contributed by atoms with Gasteiger partial charge in [0.05, 0.1) is 16.8 Å². The van der Waals surface area contributed by atoms with Crippen molar-refractivity contribution in [2.24, 2.45) is 0 Å². The van der Waals surface area contributed by atoms with E-state index in [9.17, 15) is 18.0 Å². The van der Waals surface area contributed by atoms with Crippen LogP contribution in [0.1, 0.15) is 28.9 Å². The molecule has 1 saturated heterocycles. The first-order valence-corrected chi connectivity index (χ1v) is 12.2. The molecule has 3 aromatic carbocycles. The largest absolute Gasteiger partial charge is 0.573 e. The molecule has 0 bridgehead atoms. The van der Waals surface area contributed by atoms with Crippen molar-refractivity contribution in [3.05, 3.63) is 96.2 Å². The molecule has 1 fully saturated rings. The Hall–Kier alpha value is -3.91. The van der Waals surface area contributed by atoms with Crippen molar-refractivity contribution < 1.29 is 22.7 Å². The van der Waals surface area contributed by atoms with Gasteiger partial charge in [0.2, 0.25) is 0 Å². The Morgan fingerprint density at radius 1 is 0.946 bits per heavy atom. The summed E-state index contributed by atoms with van der Waals surface area (Å²) in [5.41, 5.74) is 3.40. The number of nitrogens with zero attached hydrogens (tertiary/aromatic N) is 2. The number of piperidine rings is 1. The summed E-state index contributed by atoms with van der Waals surface area (Å²) in [7, 11) is 0. The fourth-order valence-electron chi connectivity index (χ4n) is 4.70. The summed E-state index contributed by atoms with van der Waals surface area (Å²) in [5, 5.41) is 4.13. The Morgan fingerprint density at radius 3 is 2.43 bits per heavy atom. The smallest absolute Gasteiger partial charge is 0.406 e. The summed E-state index contributed by atoms with van der Waals surface area (Å²) in [6, 6.07) is 25.0. The van der Waals surface area contributed by atoms with E-state index in [0.717, 1.165) is 60.7 Å². The molecule has 0 saturated carbocycles. The lowest BCUT2D eigenvalue weighted by atomic mass is 9.97. The minimum absolute atomic E-state index is 0.0795. The average molecular weight is 506 g/mol. The second kappa shape index (κ2) is 10.6. The van der Waals surface area contributed by atoms with Crippen LogP contribution < -0.4 is 10.1 Å². The van der Waals surface area contributed by atoms with Gasteiger partial charge in [0.1, 0.15) is 5.75 Å². The van der Waals surface area contributed by atoms with Gasteiger partial charge in [-0.1, -0.05) is 54.6 Å². The number of fused-ring (bicyclic) bond motifs is 1. The first kappa shape index (κ1) is 24.8. The number of halogens is 3. The zero-order valence-corrected chi connectivity index (χ0v) is 20.0. The van der Waals surface area contributed by atoms with Crippen molar-refractivity contribution in [1.29, 1.82) is 0 Å². The minimum Gasteiger partial charge on any atom is -0.406 e. The van der Waals surface area contributed by atoms with Crippen molar-refractivity contribution in [2.75, 3.05) is 13.1 Å². The molecular weight excluding hydrogens is 479 g/mol. The molecule has 5 rings (SSSR count). The van der Waals surface area contributed by atoms with E-state index in [4.69, 9.17) is 4.98 Å². The molecule has 1 aliphatic heterocycles. The average Bonchev–Trinajstić information content (AvgIpc) is 2.89. The third-order valence-electron chi connectivity index (χ3n) is 6.52. The first-order valence-electron chi connectivity index (χ1n) is 12.2. The summed E-state index contributed by atoms with van der Waals surface area (Å²) in [5.74, 6) is -0.837. The Bertz CT molecular complexity index is 1380. The summed E-state index contributed by atoms with van der Waals surface area (Å²) in [6.07, 6.45) is -3.37. The number of alkyl halides is 3. The monoisotopic (exact) mass is 505 g/mol. The summed E-state index contributed by atoms with van der Waals surface area (Å²) in [4.78, 5) is 20.3. The predicted octanol–water partition coefficient (Wildman–Crippen LogP) is 6.19. The molecule has 2 heterocycles. The molecule has 4 aromatic rings. The topological polar surface area (TPSA) is 54.5 Å². The van der Waals surface area contributed by atoms with Gasteiger partial charge in [0, 0.05) is 31.1 Å². The highest BCUT2D eigenvalue weighted by molar-refractivity contribution is 6.01. The molecule has 0 spiro atoms. The predicted molar refractivity (Wildman–Crippen MR) is 136 cm³/mol. The molecule has 8 heteroatoms. The fourth-order valence-corrected chi connectivity index (χ4v) is 4.70. The normalized spacial score (nSPS) is 15.0. The highest BCUT2D eigenvalue weighted by Crippen LogP contribution is 2.30. The van der Waals surface area contributed by atoms with E-state index in [-0.39, 0.29) is 11.6 Å². The number of pyridine rings is 1. The van der Waals surface area contributed by atoms with Crippen LogP contribution in [0.4, 0.5) is 13.2 Å². The minimum atomic E-state index is -4.84. The molecule has 1 amide bonds. The molecule has 1 aromatic heterocycles. The maximum Gasteiger partial charge on any atom is 0.573 e. The van der Waals surface area contributed by atoms with Crippen LogP contribution in [0.15, 0.2) is 84.9 Å². The van der Waals surface area contributed by atoms with Crippen LogP contribution in [-0.4, -0.2) is 41.3 Å². The molecule has 1 aliphatic rings.